The summed E-state index contributed by atoms with van der Waals surface area (Å²) >= 11 is 13.1. The number of sulfonamides is 1. The molecule has 0 bridgehead atoms. The molecule has 3 rings (SSSR count). The Morgan fingerprint density at radius 1 is 1.09 bits per heavy atom. The van der Waals surface area contributed by atoms with E-state index < -0.39 is 22.0 Å². The standard InChI is InChI=1S/C20H20Cl2N4O4S2/c1-11(2)17(26-32(28,29)16-10-13(21)6-9-15(16)22)18(27)23-20-25-24-19(31-20)12-4-7-14(30-3)8-5-12/h4-11,17,26H,1-3H3,(H,23,25,27). The molecule has 8 nitrogen and oxygen atoms in total. The second-order valence-corrected chi connectivity index (χ2v) is 10.6. The molecule has 1 aromatic heterocycles. The summed E-state index contributed by atoms with van der Waals surface area (Å²) in [5.74, 6) is -0.227. The monoisotopic (exact) mass is 514 g/mol. The molecule has 1 unspecified atom stereocenters. The van der Waals surface area contributed by atoms with E-state index in [4.69, 9.17) is 27.9 Å². The van der Waals surface area contributed by atoms with Gasteiger partial charge in [0.25, 0.3) is 0 Å². The molecule has 3 aromatic rings. The Hall–Kier alpha value is -2.24. The van der Waals surface area contributed by atoms with Gasteiger partial charge in [-0.3, -0.25) is 10.1 Å². The van der Waals surface area contributed by atoms with Crippen molar-refractivity contribution in [2.45, 2.75) is 24.8 Å². The molecule has 1 atom stereocenters. The number of aromatic nitrogens is 2. The van der Waals surface area contributed by atoms with Crippen LogP contribution in [0.3, 0.4) is 0 Å². The molecule has 1 amide bonds. The molecule has 2 aromatic carbocycles. The first kappa shape index (κ1) is 24.4. The quantitative estimate of drug-likeness (QED) is 0.458. The summed E-state index contributed by atoms with van der Waals surface area (Å²) in [6.45, 7) is 3.43. The number of benzene rings is 2. The Morgan fingerprint density at radius 3 is 2.41 bits per heavy atom. The van der Waals surface area contributed by atoms with Crippen molar-refractivity contribution in [1.29, 1.82) is 0 Å². The van der Waals surface area contributed by atoms with Crippen LogP contribution in [-0.2, 0) is 14.8 Å². The van der Waals surface area contributed by atoms with Crippen molar-refractivity contribution in [1.82, 2.24) is 14.9 Å². The van der Waals surface area contributed by atoms with E-state index in [0.717, 1.165) is 16.9 Å². The number of hydrogen-bond donors (Lipinski definition) is 2. The highest BCUT2D eigenvalue weighted by molar-refractivity contribution is 7.89. The number of ether oxygens (including phenoxy) is 1. The Bertz CT molecular complexity index is 1210. The molecule has 32 heavy (non-hydrogen) atoms. The Balaban J connectivity index is 1.77. The van der Waals surface area contributed by atoms with Crippen molar-refractivity contribution in [2.24, 2.45) is 5.92 Å². The zero-order valence-electron chi connectivity index (χ0n) is 17.3. The van der Waals surface area contributed by atoms with Gasteiger partial charge in [0.05, 0.1) is 12.1 Å². The van der Waals surface area contributed by atoms with E-state index in [1.807, 2.05) is 12.1 Å². The number of rotatable bonds is 8. The van der Waals surface area contributed by atoms with Crippen LogP contribution < -0.4 is 14.8 Å². The van der Waals surface area contributed by atoms with E-state index in [1.54, 1.807) is 33.1 Å². The van der Waals surface area contributed by atoms with Crippen LogP contribution in [0.1, 0.15) is 13.8 Å². The molecular formula is C20H20Cl2N4O4S2. The molecule has 0 saturated carbocycles. The van der Waals surface area contributed by atoms with E-state index in [0.29, 0.717) is 10.8 Å². The summed E-state index contributed by atoms with van der Waals surface area (Å²) in [6, 6.07) is 10.2. The second kappa shape index (κ2) is 10.1. The summed E-state index contributed by atoms with van der Waals surface area (Å²) in [5.41, 5.74) is 0.806. The van der Waals surface area contributed by atoms with Crippen LogP contribution in [0.4, 0.5) is 5.13 Å². The molecular weight excluding hydrogens is 495 g/mol. The third kappa shape index (κ3) is 5.76. The van der Waals surface area contributed by atoms with Gasteiger partial charge in [-0.25, -0.2) is 8.42 Å². The number of nitrogens with one attached hydrogen (secondary N) is 2. The number of nitrogens with zero attached hydrogens (tertiary/aromatic N) is 2. The highest BCUT2D eigenvalue weighted by Crippen LogP contribution is 2.29. The lowest BCUT2D eigenvalue weighted by molar-refractivity contribution is -0.118. The van der Waals surface area contributed by atoms with E-state index in [1.165, 1.54) is 18.2 Å². The van der Waals surface area contributed by atoms with Crippen molar-refractivity contribution in [3.8, 4) is 16.3 Å². The normalized spacial score (nSPS) is 12.6. The third-order valence-corrected chi connectivity index (χ3v) is 7.45. The van der Waals surface area contributed by atoms with Crippen molar-refractivity contribution in [2.75, 3.05) is 12.4 Å². The highest BCUT2D eigenvalue weighted by Gasteiger charge is 2.30. The van der Waals surface area contributed by atoms with E-state index >= 15 is 0 Å². The molecule has 0 aliphatic carbocycles. The number of carbonyl (C=O) groups excluding carboxylic acids is 1. The van der Waals surface area contributed by atoms with Gasteiger partial charge in [-0.05, 0) is 48.4 Å². The van der Waals surface area contributed by atoms with Gasteiger partial charge in [-0.1, -0.05) is 48.4 Å². The summed E-state index contributed by atoms with van der Waals surface area (Å²) in [6.07, 6.45) is 0. The molecule has 0 radical (unpaired) electrons. The second-order valence-electron chi connectivity index (χ2n) is 7.05. The zero-order valence-corrected chi connectivity index (χ0v) is 20.4. The fraction of sp³-hybridized carbons (Fsp3) is 0.250. The van der Waals surface area contributed by atoms with Gasteiger partial charge < -0.3 is 4.74 Å². The van der Waals surface area contributed by atoms with Crippen LogP contribution in [0.2, 0.25) is 10.0 Å². The van der Waals surface area contributed by atoms with Gasteiger partial charge in [-0.2, -0.15) is 4.72 Å². The number of amides is 1. The van der Waals surface area contributed by atoms with Gasteiger partial charge in [0.15, 0.2) is 0 Å². The molecule has 0 spiro atoms. The lowest BCUT2D eigenvalue weighted by Crippen LogP contribution is -2.47. The minimum absolute atomic E-state index is 0.00179. The summed E-state index contributed by atoms with van der Waals surface area (Å²) < 4.78 is 33.2. The van der Waals surface area contributed by atoms with E-state index in [-0.39, 0.29) is 26.0 Å². The van der Waals surface area contributed by atoms with Crippen molar-refractivity contribution in [3.05, 3.63) is 52.5 Å². The number of methoxy groups -OCH3 is 1. The third-order valence-electron chi connectivity index (χ3n) is 4.41. The molecule has 0 fully saturated rings. The molecule has 0 saturated heterocycles. The van der Waals surface area contributed by atoms with Crippen LogP contribution >= 0.6 is 34.5 Å². The lowest BCUT2D eigenvalue weighted by atomic mass is 10.1. The van der Waals surface area contributed by atoms with Crippen molar-refractivity contribution in [3.63, 3.8) is 0 Å². The van der Waals surface area contributed by atoms with Gasteiger partial charge in [0.1, 0.15) is 21.7 Å². The van der Waals surface area contributed by atoms with E-state index in [2.05, 4.69) is 20.2 Å². The number of halogens is 2. The Labute approximate surface area is 200 Å². The first-order valence-electron chi connectivity index (χ1n) is 9.37. The van der Waals surface area contributed by atoms with Crippen LogP contribution in [0.25, 0.3) is 10.6 Å². The minimum Gasteiger partial charge on any atom is -0.497 e. The van der Waals surface area contributed by atoms with Crippen LogP contribution in [0.5, 0.6) is 5.75 Å². The maximum atomic E-state index is 12.9. The Kier molecular flexibility index (Phi) is 7.73. The summed E-state index contributed by atoms with van der Waals surface area (Å²) in [5, 5.41) is 11.7. The van der Waals surface area contributed by atoms with Gasteiger partial charge in [-0.15, -0.1) is 10.2 Å². The molecule has 0 aliphatic rings. The zero-order chi connectivity index (χ0) is 23.5. The average Bonchev–Trinajstić information content (AvgIpc) is 3.22. The molecule has 1 heterocycles. The SMILES string of the molecule is COc1ccc(-c2nnc(NC(=O)C(NS(=O)(=O)c3cc(Cl)ccc3Cl)C(C)C)s2)cc1. The smallest absolute Gasteiger partial charge is 0.244 e. The van der Waals surface area contributed by atoms with Crippen molar-refractivity contribution < 1.29 is 17.9 Å². The van der Waals surface area contributed by atoms with Crippen molar-refractivity contribution >= 4 is 55.6 Å². The highest BCUT2D eigenvalue weighted by atomic mass is 35.5. The minimum atomic E-state index is -4.11. The summed E-state index contributed by atoms with van der Waals surface area (Å²) in [4.78, 5) is 12.7. The largest absolute Gasteiger partial charge is 0.497 e. The van der Waals surface area contributed by atoms with Gasteiger partial charge >= 0.3 is 0 Å². The lowest BCUT2D eigenvalue weighted by Gasteiger charge is -2.21. The number of anilines is 1. The fourth-order valence-electron chi connectivity index (χ4n) is 2.71. The van der Waals surface area contributed by atoms with Crippen LogP contribution in [-0.4, -0.2) is 37.7 Å². The Morgan fingerprint density at radius 2 is 1.78 bits per heavy atom. The predicted octanol–water partition coefficient (Wildman–Crippen LogP) is 4.46. The molecule has 12 heteroatoms. The maximum absolute atomic E-state index is 12.9. The first-order chi connectivity index (χ1) is 15.1. The average molecular weight is 515 g/mol. The first-order valence-corrected chi connectivity index (χ1v) is 12.4. The van der Waals surface area contributed by atoms with Crippen LogP contribution in [0.15, 0.2) is 47.4 Å². The van der Waals surface area contributed by atoms with Crippen LogP contribution in [0, 0.1) is 5.92 Å². The fourth-order valence-corrected chi connectivity index (χ4v) is 5.57. The van der Waals surface area contributed by atoms with Gasteiger partial charge in [0, 0.05) is 10.6 Å². The predicted molar refractivity (Wildman–Crippen MR) is 126 cm³/mol. The molecule has 2 N–H and O–H groups in total. The topological polar surface area (TPSA) is 110 Å². The van der Waals surface area contributed by atoms with E-state index in [9.17, 15) is 13.2 Å². The van der Waals surface area contributed by atoms with Gasteiger partial charge in [0.2, 0.25) is 21.1 Å². The number of carbonyl (C=O) groups is 1. The molecule has 170 valence electrons. The summed E-state index contributed by atoms with van der Waals surface area (Å²) in [7, 11) is -2.53. The number of hydrogen-bond acceptors (Lipinski definition) is 7. The molecule has 0 aliphatic heterocycles. The maximum Gasteiger partial charge on any atom is 0.244 e.